The van der Waals surface area contributed by atoms with E-state index in [-0.39, 0.29) is 17.4 Å². The maximum atomic E-state index is 12.7. The first-order valence-electron chi connectivity index (χ1n) is 10.6. The van der Waals surface area contributed by atoms with E-state index < -0.39 is 16.1 Å². The highest BCUT2D eigenvalue weighted by atomic mass is 32.2. The third kappa shape index (κ3) is 7.03. The van der Waals surface area contributed by atoms with Crippen molar-refractivity contribution < 1.29 is 22.7 Å². The lowest BCUT2D eigenvalue weighted by Crippen LogP contribution is -2.39. The van der Waals surface area contributed by atoms with Crippen molar-refractivity contribution in [1.82, 2.24) is 15.0 Å². The Labute approximate surface area is 202 Å². The molecule has 0 saturated carbocycles. The minimum Gasteiger partial charge on any atom is -0.486 e. The fraction of sp³-hybridized carbons (Fsp3) is 0.261. The minimum absolute atomic E-state index is 0.0922. The molecule has 3 aromatic rings. The number of carbonyl (C=O) groups excluding carboxylic acids is 2. The average Bonchev–Trinajstić information content (AvgIpc) is 3.19. The van der Waals surface area contributed by atoms with Crippen LogP contribution in [-0.4, -0.2) is 31.9 Å². The van der Waals surface area contributed by atoms with Crippen molar-refractivity contribution in [3.63, 3.8) is 0 Å². The number of anilines is 1. The zero-order valence-electron chi connectivity index (χ0n) is 18.8. The van der Waals surface area contributed by atoms with Crippen LogP contribution in [0.1, 0.15) is 40.1 Å². The molecule has 1 aromatic heterocycles. The SMILES string of the molecule is CCCCNC(=O)NS(=O)(=O)c1ccc(NC(=O)c2sc(COc3ccccc3)nc2C)cc1. The topological polar surface area (TPSA) is 126 Å². The Balaban J connectivity index is 1.59. The van der Waals surface area contributed by atoms with Crippen LogP contribution in [0.25, 0.3) is 0 Å². The number of hydrogen-bond acceptors (Lipinski definition) is 7. The number of hydrogen-bond donors (Lipinski definition) is 3. The molecule has 11 heteroatoms. The molecule has 180 valence electrons. The molecule has 0 fully saturated rings. The van der Waals surface area contributed by atoms with Gasteiger partial charge in [-0.3, -0.25) is 4.79 Å². The summed E-state index contributed by atoms with van der Waals surface area (Å²) in [6.07, 6.45) is 1.63. The van der Waals surface area contributed by atoms with Crippen LogP contribution >= 0.6 is 11.3 Å². The number of nitrogens with zero attached hydrogens (tertiary/aromatic N) is 1. The van der Waals surface area contributed by atoms with Crippen molar-refractivity contribution in [2.75, 3.05) is 11.9 Å². The number of carbonyl (C=O) groups is 2. The van der Waals surface area contributed by atoms with Crippen LogP contribution in [0, 0.1) is 6.92 Å². The van der Waals surface area contributed by atoms with Crippen molar-refractivity contribution >= 4 is 39.0 Å². The fourth-order valence-corrected chi connectivity index (χ4v) is 4.69. The van der Waals surface area contributed by atoms with Gasteiger partial charge in [-0.05, 0) is 49.7 Å². The summed E-state index contributed by atoms with van der Waals surface area (Å²) in [6.45, 7) is 4.34. The molecule has 3 amide bonds. The zero-order valence-corrected chi connectivity index (χ0v) is 20.5. The number of nitrogens with one attached hydrogen (secondary N) is 3. The molecular weight excluding hydrogens is 476 g/mol. The lowest BCUT2D eigenvalue weighted by Gasteiger charge is -2.09. The van der Waals surface area contributed by atoms with Gasteiger partial charge in [-0.25, -0.2) is 22.9 Å². The molecule has 34 heavy (non-hydrogen) atoms. The van der Waals surface area contributed by atoms with Crippen LogP contribution in [0.4, 0.5) is 10.5 Å². The van der Waals surface area contributed by atoms with Crippen LogP contribution in [0.5, 0.6) is 5.75 Å². The number of para-hydroxylation sites is 1. The second-order valence-electron chi connectivity index (χ2n) is 7.32. The number of ether oxygens (including phenoxy) is 1. The molecule has 0 aliphatic heterocycles. The first-order chi connectivity index (χ1) is 16.3. The summed E-state index contributed by atoms with van der Waals surface area (Å²) in [6, 6.07) is 14.1. The number of benzene rings is 2. The van der Waals surface area contributed by atoms with Crippen LogP contribution in [0.2, 0.25) is 0 Å². The normalized spacial score (nSPS) is 11.0. The van der Waals surface area contributed by atoms with Gasteiger partial charge < -0.3 is 15.4 Å². The minimum atomic E-state index is -4.02. The number of amides is 3. The standard InChI is InChI=1S/C23H26N4O5S2/c1-3-4-14-24-23(29)27-34(30,31)19-12-10-17(11-13-19)26-22(28)21-16(2)25-20(33-21)15-32-18-8-6-5-7-9-18/h5-13H,3-4,14-15H2,1-2H3,(H,26,28)(H2,24,27,29). The third-order valence-corrected chi connectivity index (χ3v) is 7.09. The highest BCUT2D eigenvalue weighted by molar-refractivity contribution is 7.90. The van der Waals surface area contributed by atoms with Gasteiger partial charge in [0.1, 0.15) is 22.2 Å². The summed E-state index contributed by atoms with van der Waals surface area (Å²) in [7, 11) is -4.02. The van der Waals surface area contributed by atoms with Crippen LogP contribution < -0.4 is 20.1 Å². The predicted molar refractivity (Wildman–Crippen MR) is 131 cm³/mol. The van der Waals surface area contributed by atoms with E-state index in [9.17, 15) is 18.0 Å². The number of unbranched alkanes of at least 4 members (excludes halogenated alkanes) is 1. The number of aryl methyl sites for hydroxylation is 1. The van der Waals surface area contributed by atoms with E-state index >= 15 is 0 Å². The molecule has 0 bridgehead atoms. The van der Waals surface area contributed by atoms with Crippen molar-refractivity contribution in [2.45, 2.75) is 38.2 Å². The lowest BCUT2D eigenvalue weighted by atomic mass is 10.3. The predicted octanol–water partition coefficient (Wildman–Crippen LogP) is 4.07. The number of rotatable bonds is 10. The zero-order chi connectivity index (χ0) is 24.6. The second-order valence-corrected chi connectivity index (χ2v) is 10.1. The monoisotopic (exact) mass is 502 g/mol. The Morgan fingerprint density at radius 3 is 2.44 bits per heavy atom. The number of aromatic nitrogens is 1. The van der Waals surface area contributed by atoms with Crippen LogP contribution in [-0.2, 0) is 16.6 Å². The molecule has 2 aromatic carbocycles. The molecular formula is C23H26N4O5S2. The first-order valence-corrected chi connectivity index (χ1v) is 12.9. The maximum absolute atomic E-state index is 12.7. The highest BCUT2D eigenvalue weighted by Crippen LogP contribution is 2.22. The highest BCUT2D eigenvalue weighted by Gasteiger charge is 2.19. The van der Waals surface area contributed by atoms with Gasteiger partial charge in [0.05, 0.1) is 10.6 Å². The molecule has 9 nitrogen and oxygen atoms in total. The van der Waals surface area contributed by atoms with E-state index in [0.29, 0.717) is 33.6 Å². The van der Waals surface area contributed by atoms with E-state index in [4.69, 9.17) is 4.74 Å². The number of urea groups is 1. The first kappa shape index (κ1) is 25.2. The summed E-state index contributed by atoms with van der Waals surface area (Å²) in [5, 5.41) is 5.89. The van der Waals surface area contributed by atoms with Gasteiger partial charge in [0.15, 0.2) is 0 Å². The fourth-order valence-electron chi connectivity index (χ4n) is 2.89. The molecule has 0 aliphatic rings. The van der Waals surface area contributed by atoms with Gasteiger partial charge >= 0.3 is 6.03 Å². The summed E-state index contributed by atoms with van der Waals surface area (Å²) < 4.78 is 32.4. The molecule has 3 N–H and O–H groups in total. The Bertz CT molecular complexity index is 1230. The molecule has 1 heterocycles. The average molecular weight is 503 g/mol. The molecule has 3 rings (SSSR count). The molecule has 0 atom stereocenters. The van der Waals surface area contributed by atoms with Gasteiger partial charge in [-0.2, -0.15) is 0 Å². The molecule has 0 spiro atoms. The van der Waals surface area contributed by atoms with Crippen molar-refractivity contribution in [2.24, 2.45) is 0 Å². The molecule has 0 radical (unpaired) electrons. The second kappa shape index (κ2) is 11.6. The molecule has 0 saturated heterocycles. The summed E-state index contributed by atoms with van der Waals surface area (Å²) in [5.41, 5.74) is 0.984. The smallest absolute Gasteiger partial charge is 0.328 e. The largest absolute Gasteiger partial charge is 0.486 e. The van der Waals surface area contributed by atoms with Gasteiger partial charge in [-0.15, -0.1) is 11.3 Å². The van der Waals surface area contributed by atoms with E-state index in [1.165, 1.54) is 35.6 Å². The summed E-state index contributed by atoms with van der Waals surface area (Å²) >= 11 is 1.23. The maximum Gasteiger partial charge on any atom is 0.328 e. The lowest BCUT2D eigenvalue weighted by molar-refractivity contribution is 0.102. The van der Waals surface area contributed by atoms with E-state index in [2.05, 4.69) is 15.6 Å². The number of thiazole rings is 1. The van der Waals surface area contributed by atoms with Gasteiger partial charge in [0.2, 0.25) is 0 Å². The summed E-state index contributed by atoms with van der Waals surface area (Å²) in [5.74, 6) is 0.356. The Morgan fingerprint density at radius 1 is 1.06 bits per heavy atom. The number of sulfonamides is 1. The van der Waals surface area contributed by atoms with Crippen molar-refractivity contribution in [3.05, 3.63) is 70.2 Å². The Kier molecular flexibility index (Phi) is 8.61. The summed E-state index contributed by atoms with van der Waals surface area (Å²) in [4.78, 5) is 29.2. The Morgan fingerprint density at radius 2 is 1.76 bits per heavy atom. The quantitative estimate of drug-likeness (QED) is 0.359. The van der Waals surface area contributed by atoms with Gasteiger partial charge in [0.25, 0.3) is 15.9 Å². The van der Waals surface area contributed by atoms with Crippen molar-refractivity contribution in [1.29, 1.82) is 0 Å². The van der Waals surface area contributed by atoms with E-state index in [1.54, 1.807) is 6.92 Å². The molecule has 0 aliphatic carbocycles. The molecule has 0 unspecified atom stereocenters. The van der Waals surface area contributed by atoms with Crippen molar-refractivity contribution in [3.8, 4) is 5.75 Å². The van der Waals surface area contributed by atoms with Gasteiger partial charge in [-0.1, -0.05) is 31.5 Å². The van der Waals surface area contributed by atoms with Crippen LogP contribution in [0.15, 0.2) is 59.5 Å². The Hall–Kier alpha value is -3.44. The van der Waals surface area contributed by atoms with Crippen LogP contribution in [0.3, 0.4) is 0 Å². The third-order valence-electron chi connectivity index (χ3n) is 4.62. The van der Waals surface area contributed by atoms with Gasteiger partial charge in [0, 0.05) is 12.2 Å². The van der Waals surface area contributed by atoms with E-state index in [1.807, 2.05) is 42.0 Å². The van der Waals surface area contributed by atoms with E-state index in [0.717, 1.165) is 12.8 Å².